The Labute approximate surface area is 154 Å². The molecule has 0 aliphatic heterocycles. The molecule has 0 saturated heterocycles. The maximum atomic E-state index is 12.2. The van der Waals surface area contributed by atoms with Crippen molar-refractivity contribution < 1.29 is 19.4 Å². The van der Waals surface area contributed by atoms with Crippen LogP contribution in [0.2, 0.25) is 0 Å². The summed E-state index contributed by atoms with van der Waals surface area (Å²) in [5.41, 5.74) is 2.13. The second-order valence-corrected chi connectivity index (χ2v) is 6.76. The standard InChI is InChI=1S/C21H25NO4/c1-14(2)13-26-19-9-7-16(8-10-19)11-20(23)22-18-6-4-5-17(12-18)15(3)21(24)25/h4-10,12,14-15H,11,13H2,1-3H3,(H,22,23)(H,24,25). The Bertz CT molecular complexity index is 753. The van der Waals surface area contributed by atoms with Crippen LogP contribution in [0.25, 0.3) is 0 Å². The SMILES string of the molecule is CC(C)COc1ccc(CC(=O)Nc2cccc(C(C)C(=O)O)c2)cc1. The van der Waals surface area contributed by atoms with E-state index < -0.39 is 11.9 Å². The zero-order chi connectivity index (χ0) is 19.1. The first kappa shape index (κ1) is 19.5. The van der Waals surface area contributed by atoms with Crippen molar-refractivity contribution in [2.75, 3.05) is 11.9 Å². The predicted octanol–water partition coefficient (Wildman–Crippen LogP) is 4.09. The quantitative estimate of drug-likeness (QED) is 0.748. The molecule has 1 unspecified atom stereocenters. The number of ether oxygens (including phenoxy) is 1. The second kappa shape index (κ2) is 9.04. The number of rotatable bonds is 8. The highest BCUT2D eigenvalue weighted by atomic mass is 16.5. The molecule has 2 aromatic carbocycles. The van der Waals surface area contributed by atoms with E-state index in [4.69, 9.17) is 9.84 Å². The lowest BCUT2D eigenvalue weighted by atomic mass is 10.0. The van der Waals surface area contributed by atoms with E-state index in [1.54, 1.807) is 31.2 Å². The molecule has 138 valence electrons. The highest BCUT2D eigenvalue weighted by Gasteiger charge is 2.14. The van der Waals surface area contributed by atoms with Gasteiger partial charge in [-0.2, -0.15) is 0 Å². The first-order chi connectivity index (χ1) is 12.3. The van der Waals surface area contributed by atoms with Crippen LogP contribution in [-0.4, -0.2) is 23.6 Å². The molecule has 0 bridgehead atoms. The Morgan fingerprint density at radius 1 is 1.08 bits per heavy atom. The summed E-state index contributed by atoms with van der Waals surface area (Å²) in [6, 6.07) is 14.4. The first-order valence-corrected chi connectivity index (χ1v) is 8.69. The summed E-state index contributed by atoms with van der Waals surface area (Å²) in [6.45, 7) is 6.45. The zero-order valence-electron chi connectivity index (χ0n) is 15.4. The zero-order valence-corrected chi connectivity index (χ0v) is 15.4. The average molecular weight is 355 g/mol. The molecule has 0 fully saturated rings. The van der Waals surface area contributed by atoms with Crippen molar-refractivity contribution in [1.82, 2.24) is 0 Å². The number of anilines is 1. The lowest BCUT2D eigenvalue weighted by molar-refractivity contribution is -0.138. The van der Waals surface area contributed by atoms with Crippen LogP contribution >= 0.6 is 0 Å². The van der Waals surface area contributed by atoms with Gasteiger partial charge in [-0.25, -0.2) is 0 Å². The van der Waals surface area contributed by atoms with Crippen LogP contribution in [0, 0.1) is 5.92 Å². The fourth-order valence-electron chi connectivity index (χ4n) is 2.39. The summed E-state index contributed by atoms with van der Waals surface area (Å²) >= 11 is 0. The topological polar surface area (TPSA) is 75.6 Å². The Morgan fingerprint density at radius 2 is 1.77 bits per heavy atom. The minimum Gasteiger partial charge on any atom is -0.493 e. The number of carbonyl (C=O) groups excluding carboxylic acids is 1. The van der Waals surface area contributed by atoms with Gasteiger partial charge in [-0.3, -0.25) is 9.59 Å². The van der Waals surface area contributed by atoms with Crippen molar-refractivity contribution in [2.45, 2.75) is 33.1 Å². The molecule has 1 atom stereocenters. The van der Waals surface area contributed by atoms with E-state index in [1.165, 1.54) is 0 Å². The van der Waals surface area contributed by atoms with Gasteiger partial charge in [-0.15, -0.1) is 0 Å². The molecule has 5 heteroatoms. The lowest BCUT2D eigenvalue weighted by Gasteiger charge is -2.11. The summed E-state index contributed by atoms with van der Waals surface area (Å²) in [4.78, 5) is 23.3. The molecule has 2 rings (SSSR count). The fraction of sp³-hybridized carbons (Fsp3) is 0.333. The fourth-order valence-corrected chi connectivity index (χ4v) is 2.39. The summed E-state index contributed by atoms with van der Waals surface area (Å²) in [7, 11) is 0. The third-order valence-corrected chi connectivity index (χ3v) is 3.91. The number of nitrogens with one attached hydrogen (secondary N) is 1. The lowest BCUT2D eigenvalue weighted by Crippen LogP contribution is -2.15. The summed E-state index contributed by atoms with van der Waals surface area (Å²) in [5, 5.41) is 11.9. The Morgan fingerprint density at radius 3 is 2.38 bits per heavy atom. The number of aliphatic carboxylic acids is 1. The molecule has 1 amide bonds. The molecule has 0 aliphatic carbocycles. The highest BCUT2D eigenvalue weighted by Crippen LogP contribution is 2.20. The number of amides is 1. The molecule has 0 aliphatic rings. The summed E-state index contributed by atoms with van der Waals surface area (Å²) in [5.74, 6) is -0.419. The van der Waals surface area contributed by atoms with Crippen LogP contribution < -0.4 is 10.1 Å². The molecule has 2 aromatic rings. The minimum absolute atomic E-state index is 0.152. The van der Waals surface area contributed by atoms with Gasteiger partial charge in [0.05, 0.1) is 18.9 Å². The third kappa shape index (κ3) is 5.92. The van der Waals surface area contributed by atoms with Gasteiger partial charge in [0.1, 0.15) is 5.75 Å². The molecular formula is C21H25NO4. The van der Waals surface area contributed by atoms with E-state index in [2.05, 4.69) is 19.2 Å². The van der Waals surface area contributed by atoms with Gasteiger partial charge in [-0.1, -0.05) is 38.1 Å². The maximum absolute atomic E-state index is 12.2. The van der Waals surface area contributed by atoms with Crippen molar-refractivity contribution >= 4 is 17.6 Å². The van der Waals surface area contributed by atoms with Crippen molar-refractivity contribution in [1.29, 1.82) is 0 Å². The molecule has 0 saturated carbocycles. The molecule has 5 nitrogen and oxygen atoms in total. The number of benzene rings is 2. The molecule has 0 spiro atoms. The van der Waals surface area contributed by atoms with Crippen LogP contribution in [0.15, 0.2) is 48.5 Å². The number of carbonyl (C=O) groups is 2. The molecule has 0 radical (unpaired) electrons. The molecule has 2 N–H and O–H groups in total. The second-order valence-electron chi connectivity index (χ2n) is 6.76. The molecule has 0 heterocycles. The van der Waals surface area contributed by atoms with Crippen LogP contribution in [0.5, 0.6) is 5.75 Å². The van der Waals surface area contributed by atoms with Crippen LogP contribution in [0.3, 0.4) is 0 Å². The Kier molecular flexibility index (Phi) is 6.78. The molecule has 0 aromatic heterocycles. The van der Waals surface area contributed by atoms with E-state index >= 15 is 0 Å². The van der Waals surface area contributed by atoms with E-state index in [1.807, 2.05) is 24.3 Å². The summed E-state index contributed by atoms with van der Waals surface area (Å²) < 4.78 is 5.63. The summed E-state index contributed by atoms with van der Waals surface area (Å²) in [6.07, 6.45) is 0.239. The van der Waals surface area contributed by atoms with E-state index in [0.717, 1.165) is 11.3 Å². The van der Waals surface area contributed by atoms with Gasteiger partial charge >= 0.3 is 5.97 Å². The molecular weight excluding hydrogens is 330 g/mol. The van der Waals surface area contributed by atoms with Gasteiger partial charge in [0.2, 0.25) is 5.91 Å². The van der Waals surface area contributed by atoms with Crippen molar-refractivity contribution in [3.63, 3.8) is 0 Å². The largest absolute Gasteiger partial charge is 0.493 e. The van der Waals surface area contributed by atoms with Gasteiger partial charge < -0.3 is 15.2 Å². The number of hydrogen-bond acceptors (Lipinski definition) is 3. The normalized spacial score (nSPS) is 11.8. The first-order valence-electron chi connectivity index (χ1n) is 8.69. The Hall–Kier alpha value is -2.82. The van der Waals surface area contributed by atoms with Gasteiger partial charge in [0, 0.05) is 5.69 Å². The third-order valence-electron chi connectivity index (χ3n) is 3.91. The van der Waals surface area contributed by atoms with Gasteiger partial charge in [-0.05, 0) is 48.2 Å². The smallest absolute Gasteiger partial charge is 0.310 e. The number of hydrogen-bond donors (Lipinski definition) is 2. The van der Waals surface area contributed by atoms with Crippen molar-refractivity contribution in [3.05, 3.63) is 59.7 Å². The van der Waals surface area contributed by atoms with Gasteiger partial charge in [0.25, 0.3) is 0 Å². The van der Waals surface area contributed by atoms with Crippen LogP contribution in [0.1, 0.15) is 37.8 Å². The maximum Gasteiger partial charge on any atom is 0.310 e. The molecule has 26 heavy (non-hydrogen) atoms. The Balaban J connectivity index is 1.94. The number of carboxylic acid groups (broad SMARTS) is 1. The monoisotopic (exact) mass is 355 g/mol. The number of carboxylic acids is 1. The highest BCUT2D eigenvalue weighted by molar-refractivity contribution is 5.92. The van der Waals surface area contributed by atoms with Crippen LogP contribution in [-0.2, 0) is 16.0 Å². The van der Waals surface area contributed by atoms with E-state index in [0.29, 0.717) is 23.8 Å². The predicted molar refractivity (Wildman–Crippen MR) is 102 cm³/mol. The van der Waals surface area contributed by atoms with Crippen molar-refractivity contribution in [3.8, 4) is 5.75 Å². The van der Waals surface area contributed by atoms with Crippen LogP contribution in [0.4, 0.5) is 5.69 Å². The van der Waals surface area contributed by atoms with E-state index in [9.17, 15) is 9.59 Å². The van der Waals surface area contributed by atoms with Gasteiger partial charge in [0.15, 0.2) is 0 Å². The average Bonchev–Trinajstić information content (AvgIpc) is 2.60. The van der Waals surface area contributed by atoms with Crippen molar-refractivity contribution in [2.24, 2.45) is 5.92 Å². The minimum atomic E-state index is -0.895. The van der Waals surface area contributed by atoms with E-state index in [-0.39, 0.29) is 12.3 Å².